The zero-order chi connectivity index (χ0) is 22.0. The largest absolute Gasteiger partial charge is 0.264 e. The molecule has 0 spiro atoms. The fourth-order valence-electron chi connectivity index (χ4n) is 3.94. The van der Waals surface area contributed by atoms with Gasteiger partial charge >= 0.3 is 0 Å². The first-order valence-electron chi connectivity index (χ1n) is 10.3. The van der Waals surface area contributed by atoms with Crippen molar-refractivity contribution in [2.75, 3.05) is 6.54 Å². The molecule has 0 saturated heterocycles. The molecule has 158 valence electrons. The van der Waals surface area contributed by atoms with E-state index in [0.717, 1.165) is 22.3 Å². The van der Waals surface area contributed by atoms with Gasteiger partial charge < -0.3 is 0 Å². The summed E-state index contributed by atoms with van der Waals surface area (Å²) in [7, 11) is -3.83. The van der Waals surface area contributed by atoms with Gasteiger partial charge in [0, 0.05) is 30.5 Å². The van der Waals surface area contributed by atoms with Gasteiger partial charge in [-0.1, -0.05) is 48.9 Å². The van der Waals surface area contributed by atoms with E-state index in [2.05, 4.69) is 9.97 Å². The van der Waals surface area contributed by atoms with Crippen molar-refractivity contribution >= 4 is 20.9 Å². The summed E-state index contributed by atoms with van der Waals surface area (Å²) >= 11 is 0. The van der Waals surface area contributed by atoms with Crippen LogP contribution in [0.1, 0.15) is 35.2 Å². The monoisotopic (exact) mass is 431 g/mol. The number of pyridine rings is 2. The highest BCUT2D eigenvalue weighted by Gasteiger charge is 2.34. The number of aromatic nitrogens is 2. The van der Waals surface area contributed by atoms with E-state index in [4.69, 9.17) is 0 Å². The molecule has 2 heterocycles. The van der Waals surface area contributed by atoms with E-state index in [-0.39, 0.29) is 4.90 Å². The van der Waals surface area contributed by atoms with E-state index in [1.54, 1.807) is 35.0 Å². The normalized spacial score (nSPS) is 12.9. The van der Waals surface area contributed by atoms with Crippen molar-refractivity contribution in [2.24, 2.45) is 0 Å². The summed E-state index contributed by atoms with van der Waals surface area (Å²) in [4.78, 5) is 8.94. The molecule has 0 fully saturated rings. The highest BCUT2D eigenvalue weighted by Crippen LogP contribution is 2.35. The molecule has 0 N–H and O–H groups in total. The molecule has 0 radical (unpaired) electrons. The van der Waals surface area contributed by atoms with Gasteiger partial charge in [-0.25, -0.2) is 8.42 Å². The lowest BCUT2D eigenvalue weighted by Gasteiger charge is -2.31. The lowest BCUT2D eigenvalue weighted by atomic mass is 9.99. The SMILES string of the molecule is CCN(C(c1ccc(C)cc1)c1cccnc1)S(=O)(=O)c1ccc(C)c2ncccc12. The summed E-state index contributed by atoms with van der Waals surface area (Å²) < 4.78 is 29.6. The van der Waals surface area contributed by atoms with Crippen LogP contribution >= 0.6 is 0 Å². The number of rotatable bonds is 6. The van der Waals surface area contributed by atoms with Gasteiger partial charge in [-0.3, -0.25) is 9.97 Å². The van der Waals surface area contributed by atoms with Gasteiger partial charge in [0.1, 0.15) is 0 Å². The summed E-state index contributed by atoms with van der Waals surface area (Å²) in [6, 6.07) is 18.4. The molecule has 0 aliphatic carbocycles. The van der Waals surface area contributed by atoms with Gasteiger partial charge in [0.2, 0.25) is 10.0 Å². The van der Waals surface area contributed by atoms with E-state index in [1.807, 2.05) is 69.3 Å². The van der Waals surface area contributed by atoms with Crippen LogP contribution in [0.15, 0.2) is 84.1 Å². The maximum atomic E-state index is 14.0. The highest BCUT2D eigenvalue weighted by atomic mass is 32.2. The molecule has 1 atom stereocenters. The number of fused-ring (bicyclic) bond motifs is 1. The van der Waals surface area contributed by atoms with Crippen molar-refractivity contribution in [2.45, 2.75) is 31.7 Å². The van der Waals surface area contributed by atoms with E-state index < -0.39 is 16.1 Å². The zero-order valence-electron chi connectivity index (χ0n) is 17.9. The van der Waals surface area contributed by atoms with Crippen LogP contribution in [0.25, 0.3) is 10.9 Å². The number of nitrogens with zero attached hydrogens (tertiary/aromatic N) is 3. The quantitative estimate of drug-likeness (QED) is 0.429. The Morgan fingerprint density at radius 2 is 1.65 bits per heavy atom. The second kappa shape index (κ2) is 8.57. The van der Waals surface area contributed by atoms with Gasteiger partial charge in [0.25, 0.3) is 0 Å². The van der Waals surface area contributed by atoms with Gasteiger partial charge in [-0.2, -0.15) is 4.31 Å². The van der Waals surface area contributed by atoms with Crippen molar-refractivity contribution in [3.05, 3.63) is 102 Å². The second-order valence-corrected chi connectivity index (χ2v) is 9.45. The lowest BCUT2D eigenvalue weighted by Crippen LogP contribution is -2.35. The molecule has 4 aromatic rings. The molecule has 0 aliphatic heterocycles. The van der Waals surface area contributed by atoms with Crippen LogP contribution in [-0.4, -0.2) is 29.2 Å². The number of hydrogen-bond donors (Lipinski definition) is 0. The fraction of sp³-hybridized carbons (Fsp3) is 0.200. The maximum absolute atomic E-state index is 14.0. The van der Waals surface area contributed by atoms with Crippen molar-refractivity contribution in [3.8, 4) is 0 Å². The molecule has 0 bridgehead atoms. The Labute approximate surface area is 183 Å². The molecule has 5 nitrogen and oxygen atoms in total. The first kappa shape index (κ1) is 21.2. The van der Waals surface area contributed by atoms with Crippen LogP contribution in [0.3, 0.4) is 0 Å². The van der Waals surface area contributed by atoms with Crippen LogP contribution in [-0.2, 0) is 10.0 Å². The summed E-state index contributed by atoms with van der Waals surface area (Å²) in [5.41, 5.74) is 4.49. The molecule has 1 unspecified atom stereocenters. The van der Waals surface area contributed by atoms with Crippen molar-refractivity contribution < 1.29 is 8.42 Å². The number of hydrogen-bond acceptors (Lipinski definition) is 4. The number of sulfonamides is 1. The predicted octanol–water partition coefficient (Wildman–Crippen LogP) is 5.05. The van der Waals surface area contributed by atoms with Crippen LogP contribution in [0.4, 0.5) is 0 Å². The second-order valence-electron chi connectivity index (χ2n) is 7.59. The first-order valence-corrected chi connectivity index (χ1v) is 11.7. The standard InChI is InChI=1S/C25H25N3O2S/c1-4-28(25(21-7-5-15-26-17-21)20-12-9-18(2)10-13-20)31(29,30)23-14-11-19(3)24-22(23)8-6-16-27-24/h5-17,25H,4H2,1-3H3. The number of benzene rings is 2. The summed E-state index contributed by atoms with van der Waals surface area (Å²) in [5.74, 6) is 0. The van der Waals surface area contributed by atoms with Crippen LogP contribution in [0.2, 0.25) is 0 Å². The molecular weight excluding hydrogens is 406 g/mol. The molecule has 2 aromatic carbocycles. The summed E-state index contributed by atoms with van der Waals surface area (Å²) in [6.45, 7) is 6.13. The minimum atomic E-state index is -3.83. The van der Waals surface area contributed by atoms with Crippen LogP contribution < -0.4 is 0 Å². The Balaban J connectivity index is 1.92. The van der Waals surface area contributed by atoms with E-state index >= 15 is 0 Å². The molecule has 31 heavy (non-hydrogen) atoms. The molecule has 0 amide bonds. The van der Waals surface area contributed by atoms with Crippen LogP contribution in [0.5, 0.6) is 0 Å². The lowest BCUT2D eigenvalue weighted by molar-refractivity contribution is 0.375. The predicted molar refractivity (Wildman–Crippen MR) is 123 cm³/mol. The third kappa shape index (κ3) is 3.96. The average Bonchev–Trinajstić information content (AvgIpc) is 2.79. The Morgan fingerprint density at radius 1 is 0.903 bits per heavy atom. The molecular formula is C25H25N3O2S. The third-order valence-corrected chi connectivity index (χ3v) is 7.51. The van der Waals surface area contributed by atoms with Crippen molar-refractivity contribution in [1.29, 1.82) is 0 Å². The zero-order valence-corrected chi connectivity index (χ0v) is 18.7. The average molecular weight is 432 g/mol. The summed E-state index contributed by atoms with van der Waals surface area (Å²) in [5, 5.41) is 0.634. The van der Waals surface area contributed by atoms with Gasteiger partial charge in [-0.05, 0) is 54.8 Å². The highest BCUT2D eigenvalue weighted by molar-refractivity contribution is 7.89. The smallest absolute Gasteiger partial charge is 0.244 e. The Morgan fingerprint density at radius 3 is 2.32 bits per heavy atom. The van der Waals surface area contributed by atoms with Gasteiger partial charge in [-0.15, -0.1) is 0 Å². The van der Waals surface area contributed by atoms with Gasteiger partial charge in [0.15, 0.2) is 0 Å². The maximum Gasteiger partial charge on any atom is 0.244 e. The molecule has 2 aromatic heterocycles. The Hall–Kier alpha value is -3.09. The molecule has 0 saturated carbocycles. The number of aryl methyl sites for hydroxylation is 2. The summed E-state index contributed by atoms with van der Waals surface area (Å²) in [6.07, 6.45) is 5.12. The van der Waals surface area contributed by atoms with E-state index in [1.165, 1.54) is 0 Å². The topological polar surface area (TPSA) is 63.2 Å². The van der Waals surface area contributed by atoms with Crippen molar-refractivity contribution in [1.82, 2.24) is 14.3 Å². The van der Waals surface area contributed by atoms with E-state index in [9.17, 15) is 8.42 Å². The van der Waals surface area contributed by atoms with Gasteiger partial charge in [0.05, 0.1) is 16.5 Å². The Bertz CT molecular complexity index is 1300. The van der Waals surface area contributed by atoms with Crippen LogP contribution in [0, 0.1) is 13.8 Å². The Kier molecular flexibility index (Phi) is 5.85. The van der Waals surface area contributed by atoms with Crippen molar-refractivity contribution in [3.63, 3.8) is 0 Å². The molecule has 0 aliphatic rings. The first-order chi connectivity index (χ1) is 14.9. The molecule has 4 rings (SSSR count). The molecule has 6 heteroatoms. The fourth-order valence-corrected chi connectivity index (χ4v) is 5.74. The minimum Gasteiger partial charge on any atom is -0.264 e. The third-order valence-electron chi connectivity index (χ3n) is 5.51. The minimum absolute atomic E-state index is 0.268. The van der Waals surface area contributed by atoms with E-state index in [0.29, 0.717) is 17.4 Å².